The Morgan fingerprint density at radius 3 is 1.32 bits per heavy atom. The molecule has 0 spiro atoms. The minimum atomic E-state index is 0. The van der Waals surface area contributed by atoms with Gasteiger partial charge < -0.3 is 35.0 Å². The number of ether oxygens (including phenoxy) is 2. The second-order valence-corrected chi connectivity index (χ2v) is 8.10. The zero-order chi connectivity index (χ0) is 29.5. The Morgan fingerprint density at radius 2 is 1.02 bits per heavy atom. The maximum absolute atomic E-state index is 10.4. The van der Waals surface area contributed by atoms with Gasteiger partial charge in [-0.2, -0.15) is 0 Å². The molecular formula is C30H45InN2O7. The second-order valence-electron chi connectivity index (χ2n) is 8.10. The monoisotopic (exact) mass is 660 g/mol. The van der Waals surface area contributed by atoms with Crippen molar-refractivity contribution in [3.8, 4) is 23.0 Å². The van der Waals surface area contributed by atoms with Crippen LogP contribution in [0.3, 0.4) is 0 Å². The SMILES string of the molecule is CCOc1cccc(C=N[C@@H]2CCCC[C@H]2N=Cc2cccc(OCC)c2O)c1O.CC[O-].CC[O-].CC[O-].[In+3]. The van der Waals surface area contributed by atoms with Gasteiger partial charge in [-0.05, 0) is 51.0 Å². The molecule has 0 bridgehead atoms. The molecule has 2 N–H and O–H groups in total. The Kier molecular flexibility index (Phi) is 25.6. The quantitative estimate of drug-likeness (QED) is 0.413. The van der Waals surface area contributed by atoms with Gasteiger partial charge in [-0.15, -0.1) is 19.8 Å². The van der Waals surface area contributed by atoms with Crippen molar-refractivity contribution < 1.29 is 35.0 Å². The van der Waals surface area contributed by atoms with E-state index in [0.29, 0.717) is 35.8 Å². The number of phenols is 2. The molecule has 0 amide bonds. The third-order valence-corrected chi connectivity index (χ3v) is 5.16. The minimum absolute atomic E-state index is 0. The fourth-order valence-corrected chi connectivity index (χ4v) is 3.62. The van der Waals surface area contributed by atoms with Crippen LogP contribution in [0.4, 0.5) is 0 Å². The summed E-state index contributed by atoms with van der Waals surface area (Å²) in [5.74, 6) is 1.14. The fraction of sp³-hybridized carbons (Fsp3) is 0.533. The van der Waals surface area contributed by atoms with E-state index in [-0.39, 0.29) is 69.2 Å². The molecule has 1 saturated carbocycles. The summed E-state index contributed by atoms with van der Waals surface area (Å²) < 4.78 is 10.9. The molecule has 9 nitrogen and oxygen atoms in total. The van der Waals surface area contributed by atoms with E-state index >= 15 is 0 Å². The van der Waals surface area contributed by atoms with Crippen molar-refractivity contribution in [1.82, 2.24) is 0 Å². The van der Waals surface area contributed by atoms with Crippen molar-refractivity contribution in [2.45, 2.75) is 72.4 Å². The maximum Gasteiger partial charge on any atom is 3.00 e. The molecule has 0 saturated heterocycles. The number of para-hydroxylation sites is 2. The first-order chi connectivity index (χ1) is 18.9. The summed E-state index contributed by atoms with van der Waals surface area (Å²) >= 11 is 0. The average Bonchev–Trinajstić information content (AvgIpc) is 2.92. The van der Waals surface area contributed by atoms with Gasteiger partial charge >= 0.3 is 25.8 Å². The molecule has 2 atom stereocenters. The third-order valence-electron chi connectivity index (χ3n) is 5.16. The van der Waals surface area contributed by atoms with E-state index in [9.17, 15) is 10.2 Å². The van der Waals surface area contributed by atoms with Gasteiger partial charge in [0.05, 0.1) is 25.3 Å². The van der Waals surface area contributed by atoms with Crippen LogP contribution >= 0.6 is 0 Å². The average molecular weight is 661 g/mol. The van der Waals surface area contributed by atoms with Crippen LogP contribution in [0, 0.1) is 0 Å². The number of aliphatic imine (C=N–C) groups is 2. The number of rotatable bonds is 8. The molecule has 1 aliphatic carbocycles. The molecule has 0 aromatic heterocycles. The van der Waals surface area contributed by atoms with Crippen LogP contribution in [0.25, 0.3) is 0 Å². The first-order valence-corrected chi connectivity index (χ1v) is 13.6. The van der Waals surface area contributed by atoms with Crippen molar-refractivity contribution in [1.29, 1.82) is 0 Å². The standard InChI is InChI=1S/C24H30N2O4.3C2H5O.In/c1-3-29-21-13-7-9-17(23(21)27)15-25-19-11-5-6-12-20(19)26-16-18-10-8-14-22(24(18)28)30-4-2;3*1-2-3;/h7-10,13-16,19-20,27-28H,3-6,11-12H2,1-2H3;3*2H2,1H3;/q;3*-1;+3/t19-,20-;;;;/m1..../s1. The normalized spacial score (nSPS) is 15.9. The minimum Gasteiger partial charge on any atom is -0.855 e. The van der Waals surface area contributed by atoms with Gasteiger partial charge in [0.2, 0.25) is 0 Å². The van der Waals surface area contributed by atoms with Crippen LogP contribution in [-0.4, -0.2) is 93.6 Å². The smallest absolute Gasteiger partial charge is 0.855 e. The summed E-state index contributed by atoms with van der Waals surface area (Å²) in [5.41, 5.74) is 1.27. The Bertz CT molecular complexity index is 879. The second kappa shape index (κ2) is 25.7. The van der Waals surface area contributed by atoms with Crippen LogP contribution in [0.5, 0.6) is 23.0 Å². The first kappa shape index (κ1) is 39.9. The predicted molar refractivity (Wildman–Crippen MR) is 157 cm³/mol. The summed E-state index contributed by atoms with van der Waals surface area (Å²) in [7, 11) is 0. The largest absolute Gasteiger partial charge is 3.00 e. The van der Waals surface area contributed by atoms with E-state index in [1.807, 2.05) is 38.1 Å². The van der Waals surface area contributed by atoms with Gasteiger partial charge in [0.25, 0.3) is 0 Å². The molecule has 1 fully saturated rings. The first-order valence-electron chi connectivity index (χ1n) is 13.6. The molecule has 0 radical (unpaired) electrons. The summed E-state index contributed by atoms with van der Waals surface area (Å²) in [6.07, 6.45) is 7.51. The summed E-state index contributed by atoms with van der Waals surface area (Å²) in [5, 5.41) is 47.6. The molecule has 0 heterocycles. The molecule has 3 rings (SSSR count). The van der Waals surface area contributed by atoms with Crippen molar-refractivity contribution in [3.63, 3.8) is 0 Å². The van der Waals surface area contributed by atoms with Crippen LogP contribution in [-0.2, 0) is 0 Å². The van der Waals surface area contributed by atoms with Crippen LogP contribution in [0.2, 0.25) is 0 Å². The van der Waals surface area contributed by atoms with E-state index in [0.717, 1.165) is 25.7 Å². The Labute approximate surface area is 258 Å². The van der Waals surface area contributed by atoms with Gasteiger partial charge in [-0.3, -0.25) is 9.98 Å². The number of benzene rings is 2. The van der Waals surface area contributed by atoms with Crippen molar-refractivity contribution in [2.75, 3.05) is 33.0 Å². The number of nitrogens with zero attached hydrogens (tertiary/aromatic N) is 2. The van der Waals surface area contributed by atoms with E-state index in [4.69, 9.17) is 34.8 Å². The number of phenolic OH excluding ortho intramolecular Hbond substituents is 2. The molecule has 2 aromatic carbocycles. The molecule has 10 heteroatoms. The van der Waals surface area contributed by atoms with E-state index in [1.165, 1.54) is 0 Å². The molecule has 40 heavy (non-hydrogen) atoms. The summed E-state index contributed by atoms with van der Waals surface area (Å²) in [4.78, 5) is 9.47. The Balaban J connectivity index is 0. The number of aromatic hydroxyl groups is 2. The van der Waals surface area contributed by atoms with Gasteiger partial charge in [-0.25, -0.2) is 0 Å². The van der Waals surface area contributed by atoms with Gasteiger partial charge in [0.15, 0.2) is 23.0 Å². The van der Waals surface area contributed by atoms with Crippen molar-refractivity contribution >= 4 is 38.3 Å². The molecule has 2 aromatic rings. The topological polar surface area (TPSA) is 153 Å². The van der Waals surface area contributed by atoms with Crippen LogP contribution < -0.4 is 24.8 Å². The van der Waals surface area contributed by atoms with Crippen molar-refractivity contribution in [3.05, 3.63) is 47.5 Å². The fourth-order valence-electron chi connectivity index (χ4n) is 3.62. The number of hydrogen-bond acceptors (Lipinski definition) is 9. The molecular weight excluding hydrogens is 615 g/mol. The Morgan fingerprint density at radius 1 is 0.700 bits per heavy atom. The van der Waals surface area contributed by atoms with Crippen LogP contribution in [0.15, 0.2) is 46.4 Å². The van der Waals surface area contributed by atoms with E-state index in [1.54, 1.807) is 45.3 Å². The Hall–Kier alpha value is -2.27. The van der Waals surface area contributed by atoms with Gasteiger partial charge in [0.1, 0.15) is 0 Å². The molecule has 0 unspecified atom stereocenters. The molecule has 0 aliphatic heterocycles. The van der Waals surface area contributed by atoms with Gasteiger partial charge in [0, 0.05) is 23.6 Å². The summed E-state index contributed by atoms with van der Waals surface area (Å²) in [6, 6.07) is 10.9. The van der Waals surface area contributed by atoms with E-state index in [2.05, 4.69) is 0 Å². The molecule has 220 valence electrons. The predicted octanol–water partition coefficient (Wildman–Crippen LogP) is 2.46. The molecule has 1 aliphatic rings. The van der Waals surface area contributed by atoms with Crippen LogP contribution in [0.1, 0.15) is 71.4 Å². The maximum atomic E-state index is 10.4. The number of hydrogen-bond donors (Lipinski definition) is 2. The van der Waals surface area contributed by atoms with E-state index < -0.39 is 0 Å². The third kappa shape index (κ3) is 15.5. The zero-order valence-electron chi connectivity index (χ0n) is 24.5. The van der Waals surface area contributed by atoms with Gasteiger partial charge in [-0.1, -0.05) is 45.7 Å². The summed E-state index contributed by atoms with van der Waals surface area (Å²) in [6.45, 7) is 9.45. The van der Waals surface area contributed by atoms with Crippen molar-refractivity contribution in [2.24, 2.45) is 9.98 Å². The zero-order valence-corrected chi connectivity index (χ0v) is 27.8.